The summed E-state index contributed by atoms with van der Waals surface area (Å²) in [5.74, 6) is -0.178. The summed E-state index contributed by atoms with van der Waals surface area (Å²) in [5, 5.41) is 3.43. The molecule has 0 aliphatic carbocycles. The van der Waals surface area contributed by atoms with E-state index in [1.165, 1.54) is 12.0 Å². The van der Waals surface area contributed by atoms with Crippen LogP contribution >= 0.6 is 11.3 Å². The van der Waals surface area contributed by atoms with Gasteiger partial charge in [-0.05, 0) is 25.2 Å². The molecule has 0 radical (unpaired) electrons. The summed E-state index contributed by atoms with van der Waals surface area (Å²) in [6, 6.07) is 4.08. The minimum Gasteiger partial charge on any atom is -0.469 e. The molecular formula is C14H24N2O2S. The maximum absolute atomic E-state index is 11.2. The van der Waals surface area contributed by atoms with Gasteiger partial charge in [0.05, 0.1) is 13.5 Å². The first-order chi connectivity index (χ1) is 9.19. The second-order valence-electron chi connectivity index (χ2n) is 4.32. The van der Waals surface area contributed by atoms with Gasteiger partial charge in [-0.3, -0.25) is 4.79 Å². The third kappa shape index (κ3) is 6.18. The molecule has 108 valence electrons. The van der Waals surface area contributed by atoms with Crippen molar-refractivity contribution in [2.24, 2.45) is 0 Å². The van der Waals surface area contributed by atoms with E-state index >= 15 is 0 Å². The zero-order valence-electron chi connectivity index (χ0n) is 12.1. The Balaban J connectivity index is 2.25. The van der Waals surface area contributed by atoms with Crippen molar-refractivity contribution < 1.29 is 9.53 Å². The Hall–Kier alpha value is -0.910. The van der Waals surface area contributed by atoms with Crippen molar-refractivity contribution in [2.75, 3.05) is 33.3 Å². The molecule has 1 rings (SSSR count). The Morgan fingerprint density at radius 2 is 2.00 bits per heavy atom. The summed E-state index contributed by atoms with van der Waals surface area (Å²) in [6.07, 6.45) is 0.376. The zero-order valence-corrected chi connectivity index (χ0v) is 12.9. The van der Waals surface area contributed by atoms with E-state index in [0.29, 0.717) is 6.42 Å². The SMILES string of the molecule is CCN(CC)CCNCc1ccc(CC(=O)OC)s1. The highest BCUT2D eigenvalue weighted by Crippen LogP contribution is 2.17. The highest BCUT2D eigenvalue weighted by atomic mass is 32.1. The van der Waals surface area contributed by atoms with Crippen LogP contribution in [0.4, 0.5) is 0 Å². The van der Waals surface area contributed by atoms with Crippen LogP contribution in [0.15, 0.2) is 12.1 Å². The van der Waals surface area contributed by atoms with E-state index in [1.807, 2.05) is 6.07 Å². The number of carbonyl (C=O) groups excluding carboxylic acids is 1. The Morgan fingerprint density at radius 3 is 2.63 bits per heavy atom. The molecule has 0 bridgehead atoms. The Labute approximate surface area is 119 Å². The lowest BCUT2D eigenvalue weighted by atomic mass is 10.3. The van der Waals surface area contributed by atoms with Crippen LogP contribution in [0.3, 0.4) is 0 Å². The van der Waals surface area contributed by atoms with Crippen LogP contribution in [0.1, 0.15) is 23.6 Å². The van der Waals surface area contributed by atoms with E-state index < -0.39 is 0 Å². The Kier molecular flexibility index (Phi) is 7.70. The average Bonchev–Trinajstić information content (AvgIpc) is 2.86. The fraction of sp³-hybridized carbons (Fsp3) is 0.643. The highest BCUT2D eigenvalue weighted by molar-refractivity contribution is 7.12. The lowest BCUT2D eigenvalue weighted by Gasteiger charge is -2.17. The number of thiophene rings is 1. The van der Waals surface area contributed by atoms with Crippen molar-refractivity contribution in [3.8, 4) is 0 Å². The number of hydrogen-bond donors (Lipinski definition) is 1. The predicted molar refractivity (Wildman–Crippen MR) is 79.5 cm³/mol. The molecule has 4 nitrogen and oxygen atoms in total. The maximum atomic E-state index is 11.2. The molecule has 0 unspecified atom stereocenters. The summed E-state index contributed by atoms with van der Waals surface area (Å²) in [4.78, 5) is 15.9. The van der Waals surface area contributed by atoms with Crippen LogP contribution in [0.5, 0.6) is 0 Å². The molecule has 0 aromatic carbocycles. The number of ether oxygens (including phenoxy) is 1. The monoisotopic (exact) mass is 284 g/mol. The number of hydrogen-bond acceptors (Lipinski definition) is 5. The Morgan fingerprint density at radius 1 is 1.32 bits per heavy atom. The van der Waals surface area contributed by atoms with Gasteiger partial charge in [0.15, 0.2) is 0 Å². The molecule has 0 aliphatic rings. The summed E-state index contributed by atoms with van der Waals surface area (Å²) in [5.41, 5.74) is 0. The fourth-order valence-corrected chi connectivity index (χ4v) is 2.79. The van der Waals surface area contributed by atoms with Crippen molar-refractivity contribution >= 4 is 17.3 Å². The lowest BCUT2D eigenvalue weighted by molar-refractivity contribution is -0.139. The third-order valence-corrected chi connectivity index (χ3v) is 4.15. The topological polar surface area (TPSA) is 41.6 Å². The first-order valence-corrected chi connectivity index (χ1v) is 7.58. The molecule has 19 heavy (non-hydrogen) atoms. The molecule has 1 N–H and O–H groups in total. The third-order valence-electron chi connectivity index (χ3n) is 3.06. The Bertz CT molecular complexity index is 375. The highest BCUT2D eigenvalue weighted by Gasteiger charge is 2.06. The average molecular weight is 284 g/mol. The molecule has 0 fully saturated rings. The lowest BCUT2D eigenvalue weighted by Crippen LogP contribution is -2.31. The molecule has 1 aromatic rings. The zero-order chi connectivity index (χ0) is 14.1. The molecule has 0 atom stereocenters. The predicted octanol–water partition coefficient (Wildman–Crippen LogP) is 1.89. The molecule has 0 amide bonds. The molecule has 0 spiro atoms. The van der Waals surface area contributed by atoms with Crippen molar-refractivity contribution in [3.63, 3.8) is 0 Å². The van der Waals surface area contributed by atoms with E-state index in [0.717, 1.165) is 37.6 Å². The smallest absolute Gasteiger partial charge is 0.310 e. The second kappa shape index (κ2) is 9.07. The van der Waals surface area contributed by atoms with Crippen LogP contribution in [0.2, 0.25) is 0 Å². The van der Waals surface area contributed by atoms with E-state index in [9.17, 15) is 4.79 Å². The van der Waals surface area contributed by atoms with Gasteiger partial charge in [-0.25, -0.2) is 0 Å². The van der Waals surface area contributed by atoms with Gasteiger partial charge in [-0.2, -0.15) is 0 Å². The molecule has 5 heteroatoms. The summed E-state index contributed by atoms with van der Waals surface area (Å²) in [6.45, 7) is 9.50. The van der Waals surface area contributed by atoms with E-state index in [2.05, 4.69) is 34.9 Å². The minimum atomic E-state index is -0.178. The van der Waals surface area contributed by atoms with Gasteiger partial charge in [-0.1, -0.05) is 13.8 Å². The number of carbonyl (C=O) groups is 1. The molecule has 0 saturated heterocycles. The number of nitrogens with one attached hydrogen (secondary N) is 1. The van der Waals surface area contributed by atoms with Crippen LogP contribution < -0.4 is 5.32 Å². The standard InChI is InChI=1S/C14H24N2O2S/c1-4-16(5-2)9-8-15-11-13-7-6-12(19-13)10-14(17)18-3/h6-7,15H,4-5,8-11H2,1-3H3. The normalized spacial score (nSPS) is 10.9. The first kappa shape index (κ1) is 16.1. The summed E-state index contributed by atoms with van der Waals surface area (Å²) >= 11 is 1.67. The molecule has 0 aliphatic heterocycles. The van der Waals surface area contributed by atoms with Gasteiger partial charge in [0.25, 0.3) is 0 Å². The molecular weight excluding hydrogens is 260 g/mol. The van der Waals surface area contributed by atoms with Crippen molar-refractivity contribution in [3.05, 3.63) is 21.9 Å². The van der Waals surface area contributed by atoms with Crippen molar-refractivity contribution in [1.82, 2.24) is 10.2 Å². The number of rotatable bonds is 9. The minimum absolute atomic E-state index is 0.178. The van der Waals surface area contributed by atoms with Crippen LogP contribution in [-0.4, -0.2) is 44.2 Å². The summed E-state index contributed by atoms with van der Waals surface area (Å²) in [7, 11) is 1.42. The van der Waals surface area contributed by atoms with E-state index in [1.54, 1.807) is 11.3 Å². The molecule has 1 aromatic heterocycles. The molecule has 0 saturated carbocycles. The van der Waals surface area contributed by atoms with Gasteiger partial charge < -0.3 is 15.0 Å². The first-order valence-electron chi connectivity index (χ1n) is 6.77. The van der Waals surface area contributed by atoms with Gasteiger partial charge in [0.2, 0.25) is 0 Å². The van der Waals surface area contributed by atoms with Crippen LogP contribution in [0, 0.1) is 0 Å². The fourth-order valence-electron chi connectivity index (χ4n) is 1.82. The van der Waals surface area contributed by atoms with E-state index in [-0.39, 0.29) is 5.97 Å². The van der Waals surface area contributed by atoms with E-state index in [4.69, 9.17) is 0 Å². The number of methoxy groups -OCH3 is 1. The van der Waals surface area contributed by atoms with Gasteiger partial charge in [0, 0.05) is 29.4 Å². The van der Waals surface area contributed by atoms with Gasteiger partial charge in [-0.15, -0.1) is 11.3 Å². The van der Waals surface area contributed by atoms with Crippen molar-refractivity contribution in [1.29, 1.82) is 0 Å². The van der Waals surface area contributed by atoms with Gasteiger partial charge in [0.1, 0.15) is 0 Å². The summed E-state index contributed by atoms with van der Waals surface area (Å²) < 4.78 is 4.66. The van der Waals surface area contributed by atoms with Crippen LogP contribution in [0.25, 0.3) is 0 Å². The van der Waals surface area contributed by atoms with Gasteiger partial charge >= 0.3 is 5.97 Å². The largest absolute Gasteiger partial charge is 0.469 e. The van der Waals surface area contributed by atoms with Crippen LogP contribution in [-0.2, 0) is 22.5 Å². The number of esters is 1. The number of likely N-dealkylation sites (N-methyl/N-ethyl adjacent to an activating group) is 1. The maximum Gasteiger partial charge on any atom is 0.310 e. The second-order valence-corrected chi connectivity index (χ2v) is 5.58. The van der Waals surface area contributed by atoms with Crippen molar-refractivity contribution in [2.45, 2.75) is 26.8 Å². The number of nitrogens with zero attached hydrogens (tertiary/aromatic N) is 1. The quantitative estimate of drug-likeness (QED) is 0.555. The molecule has 1 heterocycles.